The average Bonchev–Trinajstić information content (AvgIpc) is 2.42. The van der Waals surface area contributed by atoms with Crippen LogP contribution in [0, 0.1) is 0 Å². The lowest BCUT2D eigenvalue weighted by Gasteiger charge is -2.26. The molecule has 1 amide bonds. The Morgan fingerprint density at radius 2 is 1.95 bits per heavy atom. The Morgan fingerprint density at radius 1 is 1.32 bits per heavy atom. The summed E-state index contributed by atoms with van der Waals surface area (Å²) in [6.07, 6.45) is 1.33. The molecule has 0 fully saturated rings. The first-order valence-corrected chi connectivity index (χ1v) is 7.69. The number of carbonyl (C=O) groups is 1. The van der Waals surface area contributed by atoms with E-state index in [2.05, 4.69) is 15.9 Å². The van der Waals surface area contributed by atoms with Crippen LogP contribution in [0.5, 0.6) is 5.75 Å². The Labute approximate surface area is 124 Å². The van der Waals surface area contributed by atoms with Gasteiger partial charge >= 0.3 is 0 Å². The normalized spacial score (nSPS) is 10.6. The van der Waals surface area contributed by atoms with Crippen LogP contribution in [0.1, 0.15) is 25.8 Å². The van der Waals surface area contributed by atoms with Crippen molar-refractivity contribution in [3.63, 3.8) is 0 Å². The Balaban J connectivity index is 2.52. The molecule has 4 heteroatoms. The maximum Gasteiger partial charge on any atom is 0.223 e. The molecular formula is C15H22BrNO2. The van der Waals surface area contributed by atoms with Gasteiger partial charge in [-0.05, 0) is 38.0 Å². The number of alkyl halides is 1. The van der Waals surface area contributed by atoms with E-state index >= 15 is 0 Å². The first-order chi connectivity index (χ1) is 9.08. The Morgan fingerprint density at radius 3 is 2.42 bits per heavy atom. The molecule has 106 valence electrons. The zero-order chi connectivity index (χ0) is 14.3. The molecule has 0 aliphatic heterocycles. The number of methoxy groups -OCH3 is 1. The molecule has 0 aliphatic rings. The molecule has 3 nitrogen and oxygen atoms in total. The summed E-state index contributed by atoms with van der Waals surface area (Å²) in [5.41, 5.74) is 1.16. The summed E-state index contributed by atoms with van der Waals surface area (Å²) in [5.74, 6) is 1.06. The standard InChI is InChI=1S/C15H22BrNO2/c1-12(2)17(11-10-16)15(18)9-6-13-4-7-14(19-3)8-5-13/h4-5,7-8,12H,6,9-11H2,1-3H3. The molecule has 19 heavy (non-hydrogen) atoms. The van der Waals surface area contributed by atoms with Crippen molar-refractivity contribution in [3.8, 4) is 5.75 Å². The first kappa shape index (κ1) is 16.0. The van der Waals surface area contributed by atoms with E-state index in [-0.39, 0.29) is 11.9 Å². The summed E-state index contributed by atoms with van der Waals surface area (Å²) < 4.78 is 5.12. The van der Waals surface area contributed by atoms with Crippen molar-refractivity contribution in [1.82, 2.24) is 4.90 Å². The van der Waals surface area contributed by atoms with Crippen molar-refractivity contribution in [2.24, 2.45) is 0 Å². The lowest BCUT2D eigenvalue weighted by molar-refractivity contribution is -0.132. The number of amides is 1. The number of carbonyl (C=O) groups excluding carboxylic acids is 1. The van der Waals surface area contributed by atoms with Gasteiger partial charge < -0.3 is 9.64 Å². The topological polar surface area (TPSA) is 29.5 Å². The van der Waals surface area contributed by atoms with Crippen LogP contribution in [0.2, 0.25) is 0 Å². The van der Waals surface area contributed by atoms with Crippen LogP contribution in [-0.2, 0) is 11.2 Å². The van der Waals surface area contributed by atoms with Gasteiger partial charge in [0.1, 0.15) is 5.75 Å². The smallest absolute Gasteiger partial charge is 0.223 e. The molecular weight excluding hydrogens is 306 g/mol. The van der Waals surface area contributed by atoms with Crippen molar-refractivity contribution >= 4 is 21.8 Å². The molecule has 0 aliphatic carbocycles. The van der Waals surface area contributed by atoms with Gasteiger partial charge in [-0.25, -0.2) is 0 Å². The molecule has 0 radical (unpaired) electrons. The second-order valence-electron chi connectivity index (χ2n) is 4.72. The van der Waals surface area contributed by atoms with Crippen molar-refractivity contribution in [2.75, 3.05) is 19.0 Å². The van der Waals surface area contributed by atoms with Gasteiger partial charge in [0.25, 0.3) is 0 Å². The third-order valence-electron chi connectivity index (χ3n) is 3.06. The molecule has 1 aromatic carbocycles. The van der Waals surface area contributed by atoms with Crippen LogP contribution in [0.4, 0.5) is 0 Å². The van der Waals surface area contributed by atoms with Crippen LogP contribution in [0.15, 0.2) is 24.3 Å². The van der Waals surface area contributed by atoms with E-state index in [4.69, 9.17) is 4.74 Å². The minimum absolute atomic E-state index is 0.213. The quantitative estimate of drug-likeness (QED) is 0.719. The minimum atomic E-state index is 0.213. The number of nitrogens with zero attached hydrogens (tertiary/aromatic N) is 1. The van der Waals surface area contributed by atoms with Gasteiger partial charge in [0, 0.05) is 24.3 Å². The SMILES string of the molecule is COc1ccc(CCC(=O)N(CCBr)C(C)C)cc1. The fraction of sp³-hybridized carbons (Fsp3) is 0.533. The molecule has 0 atom stereocenters. The van der Waals surface area contributed by atoms with Crippen molar-refractivity contribution in [3.05, 3.63) is 29.8 Å². The second-order valence-corrected chi connectivity index (χ2v) is 5.51. The fourth-order valence-corrected chi connectivity index (χ4v) is 2.33. The van der Waals surface area contributed by atoms with E-state index < -0.39 is 0 Å². The van der Waals surface area contributed by atoms with E-state index in [1.54, 1.807) is 7.11 Å². The number of rotatable bonds is 7. The number of hydrogen-bond acceptors (Lipinski definition) is 2. The van der Waals surface area contributed by atoms with Gasteiger partial charge in [-0.2, -0.15) is 0 Å². The van der Waals surface area contributed by atoms with Gasteiger partial charge in [-0.1, -0.05) is 28.1 Å². The summed E-state index contributed by atoms with van der Waals surface area (Å²) in [4.78, 5) is 14.1. The van der Waals surface area contributed by atoms with Gasteiger partial charge in [-0.15, -0.1) is 0 Å². The Bertz CT molecular complexity index is 390. The number of ether oxygens (including phenoxy) is 1. The first-order valence-electron chi connectivity index (χ1n) is 6.56. The maximum atomic E-state index is 12.2. The van der Waals surface area contributed by atoms with E-state index in [9.17, 15) is 4.79 Å². The third-order valence-corrected chi connectivity index (χ3v) is 3.41. The largest absolute Gasteiger partial charge is 0.497 e. The van der Waals surface area contributed by atoms with E-state index in [0.29, 0.717) is 6.42 Å². The van der Waals surface area contributed by atoms with Crippen molar-refractivity contribution in [1.29, 1.82) is 0 Å². The molecule has 0 unspecified atom stereocenters. The number of halogens is 1. The zero-order valence-electron chi connectivity index (χ0n) is 11.9. The third kappa shape index (κ3) is 5.23. The van der Waals surface area contributed by atoms with Crippen LogP contribution in [-0.4, -0.2) is 35.8 Å². The molecule has 0 saturated heterocycles. The van der Waals surface area contributed by atoms with Gasteiger partial charge in [0.15, 0.2) is 0 Å². The summed E-state index contributed by atoms with van der Waals surface area (Å²) in [6.45, 7) is 4.86. The molecule has 1 rings (SSSR count). The van der Waals surface area contributed by atoms with Crippen LogP contribution in [0.25, 0.3) is 0 Å². The molecule has 1 aromatic rings. The Kier molecular flexibility index (Phi) is 6.92. The number of aryl methyl sites for hydroxylation is 1. The molecule has 0 N–H and O–H groups in total. The highest BCUT2D eigenvalue weighted by Gasteiger charge is 2.15. The summed E-state index contributed by atoms with van der Waals surface area (Å²) >= 11 is 3.39. The highest BCUT2D eigenvalue weighted by molar-refractivity contribution is 9.09. The van der Waals surface area contributed by atoms with E-state index in [1.165, 1.54) is 0 Å². The monoisotopic (exact) mass is 327 g/mol. The predicted octanol–water partition coefficient (Wildman–Crippen LogP) is 3.26. The lowest BCUT2D eigenvalue weighted by Crippen LogP contribution is -2.38. The second kappa shape index (κ2) is 8.20. The maximum absolute atomic E-state index is 12.2. The highest BCUT2D eigenvalue weighted by atomic mass is 79.9. The predicted molar refractivity (Wildman–Crippen MR) is 82.0 cm³/mol. The fourth-order valence-electron chi connectivity index (χ4n) is 1.95. The lowest BCUT2D eigenvalue weighted by atomic mass is 10.1. The van der Waals surface area contributed by atoms with Crippen molar-refractivity contribution < 1.29 is 9.53 Å². The van der Waals surface area contributed by atoms with Crippen molar-refractivity contribution in [2.45, 2.75) is 32.7 Å². The van der Waals surface area contributed by atoms with Crippen LogP contribution in [0.3, 0.4) is 0 Å². The van der Waals surface area contributed by atoms with Crippen LogP contribution < -0.4 is 4.74 Å². The average molecular weight is 328 g/mol. The Hall–Kier alpha value is -1.03. The number of hydrogen-bond donors (Lipinski definition) is 0. The summed E-state index contributed by atoms with van der Waals surface area (Å²) in [6, 6.07) is 8.13. The van der Waals surface area contributed by atoms with Gasteiger partial charge in [-0.3, -0.25) is 4.79 Å². The van der Waals surface area contributed by atoms with Gasteiger partial charge in [0.2, 0.25) is 5.91 Å². The van der Waals surface area contributed by atoms with E-state index in [0.717, 1.165) is 29.6 Å². The summed E-state index contributed by atoms with van der Waals surface area (Å²) in [5, 5.41) is 0.819. The molecule has 0 saturated carbocycles. The molecule has 0 bridgehead atoms. The number of benzene rings is 1. The minimum Gasteiger partial charge on any atom is -0.497 e. The summed E-state index contributed by atoms with van der Waals surface area (Å²) in [7, 11) is 1.65. The highest BCUT2D eigenvalue weighted by Crippen LogP contribution is 2.13. The zero-order valence-corrected chi connectivity index (χ0v) is 13.4. The molecule has 0 aromatic heterocycles. The van der Waals surface area contributed by atoms with Crippen LogP contribution >= 0.6 is 15.9 Å². The molecule has 0 heterocycles. The van der Waals surface area contributed by atoms with E-state index in [1.807, 2.05) is 43.0 Å². The molecule has 0 spiro atoms. The van der Waals surface area contributed by atoms with Gasteiger partial charge in [0.05, 0.1) is 7.11 Å².